The smallest absolute Gasteiger partial charge is 0.349 e. The van der Waals surface area contributed by atoms with Crippen LogP contribution in [0.15, 0.2) is 33.6 Å². The van der Waals surface area contributed by atoms with Gasteiger partial charge in [-0.05, 0) is 31.0 Å². The molecule has 0 radical (unpaired) electrons. The number of esters is 1. The summed E-state index contributed by atoms with van der Waals surface area (Å²) in [6, 6.07) is 7.04. The van der Waals surface area contributed by atoms with Crippen molar-refractivity contribution in [3.63, 3.8) is 0 Å². The van der Waals surface area contributed by atoms with Crippen molar-refractivity contribution in [3.8, 4) is 11.4 Å². The minimum Gasteiger partial charge on any atom is -0.451 e. The molecule has 4 aromatic rings. The molecule has 0 spiro atoms. The van der Waals surface area contributed by atoms with Crippen molar-refractivity contribution >= 4 is 39.1 Å². The maximum absolute atomic E-state index is 12.8. The Kier molecular flexibility index (Phi) is 4.63. The molecule has 5 rings (SSSR count). The van der Waals surface area contributed by atoms with E-state index in [2.05, 4.69) is 15.1 Å². The van der Waals surface area contributed by atoms with Gasteiger partial charge >= 0.3 is 5.97 Å². The number of hydrogen-bond acceptors (Lipinski definition) is 8. The van der Waals surface area contributed by atoms with Crippen LogP contribution in [0.25, 0.3) is 21.6 Å². The van der Waals surface area contributed by atoms with Crippen LogP contribution in [0.1, 0.15) is 33.4 Å². The largest absolute Gasteiger partial charge is 0.451 e. The van der Waals surface area contributed by atoms with E-state index in [0.29, 0.717) is 43.6 Å². The number of carbonyl (C=O) groups excluding carboxylic acids is 1. The van der Waals surface area contributed by atoms with Crippen LogP contribution < -0.4 is 5.56 Å². The Balaban J connectivity index is 1.36. The van der Waals surface area contributed by atoms with Crippen LogP contribution in [0, 0.1) is 6.92 Å². The minimum absolute atomic E-state index is 0.0941. The van der Waals surface area contributed by atoms with E-state index in [0.717, 1.165) is 18.7 Å². The molecule has 0 N–H and O–H groups in total. The summed E-state index contributed by atoms with van der Waals surface area (Å²) < 4.78 is 12.2. The molecule has 0 saturated heterocycles. The van der Waals surface area contributed by atoms with Crippen molar-refractivity contribution in [1.29, 1.82) is 0 Å². The first kappa shape index (κ1) is 19.0. The standard InChI is InChI=1S/C20H15ClN4O4S/c1-10-15-18(22-13-6-3-7-25(13)19(15)26)30-16(10)20(27)28-9-14-23-17(24-29-14)11-4-2-5-12(21)8-11/h2,4-5,8H,3,6-7,9H2,1H3. The van der Waals surface area contributed by atoms with E-state index < -0.39 is 5.97 Å². The van der Waals surface area contributed by atoms with E-state index in [1.54, 1.807) is 35.8 Å². The van der Waals surface area contributed by atoms with Crippen LogP contribution in [0.5, 0.6) is 0 Å². The molecular weight excluding hydrogens is 428 g/mol. The third-order valence-electron chi connectivity index (χ3n) is 4.97. The summed E-state index contributed by atoms with van der Waals surface area (Å²) in [4.78, 5) is 35.1. The quantitative estimate of drug-likeness (QED) is 0.443. The molecule has 0 atom stereocenters. The fraction of sp³-hybridized carbons (Fsp3) is 0.250. The van der Waals surface area contributed by atoms with Crippen LogP contribution in [-0.2, 0) is 24.3 Å². The molecule has 1 aromatic carbocycles. The molecule has 30 heavy (non-hydrogen) atoms. The Bertz CT molecular complexity index is 1360. The van der Waals surface area contributed by atoms with Gasteiger partial charge in [0.05, 0.1) is 5.39 Å². The van der Waals surface area contributed by atoms with Gasteiger partial charge in [-0.25, -0.2) is 9.78 Å². The van der Waals surface area contributed by atoms with Gasteiger partial charge in [0, 0.05) is 23.6 Å². The van der Waals surface area contributed by atoms with Gasteiger partial charge in [-0.2, -0.15) is 4.98 Å². The number of halogens is 1. The fourth-order valence-corrected chi connectivity index (χ4v) is 4.80. The number of benzene rings is 1. The molecule has 4 heterocycles. The highest BCUT2D eigenvalue weighted by Crippen LogP contribution is 2.29. The molecule has 152 valence electrons. The average Bonchev–Trinajstić information content (AvgIpc) is 3.45. The molecule has 1 aliphatic rings. The Hall–Kier alpha value is -3.04. The fourth-order valence-electron chi connectivity index (χ4n) is 3.52. The maximum atomic E-state index is 12.8. The number of hydrogen-bond donors (Lipinski definition) is 0. The lowest BCUT2D eigenvalue weighted by Crippen LogP contribution is -2.20. The predicted molar refractivity (Wildman–Crippen MR) is 111 cm³/mol. The molecule has 0 unspecified atom stereocenters. The van der Waals surface area contributed by atoms with Crippen molar-refractivity contribution in [2.24, 2.45) is 0 Å². The third-order valence-corrected chi connectivity index (χ3v) is 6.38. The second-order valence-corrected chi connectivity index (χ2v) is 8.36. The summed E-state index contributed by atoms with van der Waals surface area (Å²) in [5, 5.41) is 4.93. The lowest BCUT2D eigenvalue weighted by molar-refractivity contribution is 0.0435. The van der Waals surface area contributed by atoms with E-state index in [9.17, 15) is 9.59 Å². The van der Waals surface area contributed by atoms with E-state index >= 15 is 0 Å². The zero-order valence-corrected chi connectivity index (χ0v) is 17.4. The van der Waals surface area contributed by atoms with Crippen LogP contribution in [-0.4, -0.2) is 25.7 Å². The number of aromatic nitrogens is 4. The summed E-state index contributed by atoms with van der Waals surface area (Å²) in [7, 11) is 0. The summed E-state index contributed by atoms with van der Waals surface area (Å²) in [6.07, 6.45) is 1.68. The second kappa shape index (κ2) is 7.33. The van der Waals surface area contributed by atoms with Gasteiger partial charge in [-0.1, -0.05) is 28.9 Å². The van der Waals surface area contributed by atoms with Crippen LogP contribution in [0.2, 0.25) is 5.02 Å². The summed E-state index contributed by atoms with van der Waals surface area (Å²) in [6.45, 7) is 2.23. The second-order valence-electron chi connectivity index (χ2n) is 6.92. The Morgan fingerprint density at radius 1 is 1.37 bits per heavy atom. The molecule has 8 nitrogen and oxygen atoms in total. The Morgan fingerprint density at radius 2 is 2.23 bits per heavy atom. The SMILES string of the molecule is Cc1c(C(=O)OCc2nc(-c3cccc(Cl)c3)no2)sc2nc3n(c(=O)c12)CCC3. The van der Waals surface area contributed by atoms with Gasteiger partial charge in [-0.15, -0.1) is 11.3 Å². The predicted octanol–water partition coefficient (Wildman–Crippen LogP) is 3.77. The van der Waals surface area contributed by atoms with Crippen molar-refractivity contribution in [2.75, 3.05) is 0 Å². The molecule has 3 aromatic heterocycles. The van der Waals surface area contributed by atoms with Crippen LogP contribution in [0.4, 0.5) is 0 Å². The zero-order valence-electron chi connectivity index (χ0n) is 15.8. The molecule has 0 saturated carbocycles. The number of nitrogens with zero attached hydrogens (tertiary/aromatic N) is 4. The number of carbonyl (C=O) groups is 1. The van der Waals surface area contributed by atoms with Gasteiger partial charge < -0.3 is 9.26 Å². The van der Waals surface area contributed by atoms with Crippen molar-refractivity contribution < 1.29 is 14.1 Å². The molecule has 0 amide bonds. The van der Waals surface area contributed by atoms with Crippen molar-refractivity contribution in [1.82, 2.24) is 19.7 Å². The van der Waals surface area contributed by atoms with E-state index in [4.69, 9.17) is 20.9 Å². The first-order valence-electron chi connectivity index (χ1n) is 9.29. The summed E-state index contributed by atoms with van der Waals surface area (Å²) in [5.41, 5.74) is 1.19. The van der Waals surface area contributed by atoms with Crippen molar-refractivity contribution in [3.05, 3.63) is 61.8 Å². The number of rotatable bonds is 4. The topological polar surface area (TPSA) is 100 Å². The highest BCUT2D eigenvalue weighted by molar-refractivity contribution is 7.20. The normalized spacial score (nSPS) is 13.0. The van der Waals surface area contributed by atoms with Gasteiger partial charge in [0.1, 0.15) is 15.5 Å². The molecule has 0 aliphatic carbocycles. The van der Waals surface area contributed by atoms with Crippen LogP contribution >= 0.6 is 22.9 Å². The first-order chi connectivity index (χ1) is 14.5. The Labute approximate surface area is 179 Å². The summed E-state index contributed by atoms with van der Waals surface area (Å²) >= 11 is 7.15. The highest BCUT2D eigenvalue weighted by Gasteiger charge is 2.24. The first-order valence-corrected chi connectivity index (χ1v) is 10.5. The molecule has 1 aliphatic heterocycles. The van der Waals surface area contributed by atoms with E-state index in [1.165, 1.54) is 11.3 Å². The van der Waals surface area contributed by atoms with Crippen molar-refractivity contribution in [2.45, 2.75) is 32.9 Å². The molecular formula is C20H15ClN4O4S. The number of fused-ring (bicyclic) bond motifs is 2. The minimum atomic E-state index is -0.553. The lowest BCUT2D eigenvalue weighted by Gasteiger charge is -2.02. The Morgan fingerprint density at radius 3 is 3.07 bits per heavy atom. The van der Waals surface area contributed by atoms with Gasteiger partial charge in [-0.3, -0.25) is 9.36 Å². The van der Waals surface area contributed by atoms with E-state index in [1.807, 2.05) is 0 Å². The van der Waals surface area contributed by atoms with Gasteiger partial charge in [0.25, 0.3) is 11.4 Å². The number of ether oxygens (including phenoxy) is 1. The summed E-state index contributed by atoms with van der Waals surface area (Å²) in [5.74, 6) is 0.734. The number of aryl methyl sites for hydroxylation is 2. The van der Waals surface area contributed by atoms with Gasteiger partial charge in [0.2, 0.25) is 5.82 Å². The van der Waals surface area contributed by atoms with E-state index in [-0.39, 0.29) is 18.1 Å². The monoisotopic (exact) mass is 442 g/mol. The molecule has 10 heteroatoms. The molecule has 0 fully saturated rings. The third kappa shape index (κ3) is 3.20. The average molecular weight is 443 g/mol. The number of thiophene rings is 1. The highest BCUT2D eigenvalue weighted by atomic mass is 35.5. The van der Waals surface area contributed by atoms with Gasteiger partial charge in [0.15, 0.2) is 6.61 Å². The lowest BCUT2D eigenvalue weighted by atomic mass is 10.2. The molecule has 0 bridgehead atoms. The maximum Gasteiger partial charge on any atom is 0.349 e. The zero-order chi connectivity index (χ0) is 20.8. The van der Waals surface area contributed by atoms with Crippen LogP contribution in [0.3, 0.4) is 0 Å².